The van der Waals surface area contributed by atoms with Crippen molar-refractivity contribution in [2.24, 2.45) is 0 Å². The number of hydrogen-bond donors (Lipinski definition) is 1. The highest BCUT2D eigenvalue weighted by atomic mass is 79.9. The summed E-state index contributed by atoms with van der Waals surface area (Å²) in [6, 6.07) is 3.55. The Morgan fingerprint density at radius 3 is 1.50 bits per heavy atom. The summed E-state index contributed by atoms with van der Waals surface area (Å²) in [6.07, 6.45) is 23.6. The number of methoxy groups -OCH3 is 1. The molecule has 0 aliphatic rings. The van der Waals surface area contributed by atoms with Gasteiger partial charge in [-0.2, -0.15) is 5.90 Å². The maximum Gasteiger partial charge on any atom is 0.204 e. The van der Waals surface area contributed by atoms with Crippen LogP contribution in [-0.4, -0.2) is 44.4 Å². The number of allylic oxidation sites excluding steroid dienone is 4. The molecule has 1 aromatic heterocycles. The fourth-order valence-electron chi connectivity index (χ4n) is 6.82. The first-order chi connectivity index (χ1) is 26.9. The van der Waals surface area contributed by atoms with Crippen molar-refractivity contribution in [2.75, 3.05) is 33.4 Å². The van der Waals surface area contributed by atoms with Gasteiger partial charge in [0.15, 0.2) is 11.5 Å². The van der Waals surface area contributed by atoms with Gasteiger partial charge in [-0.3, -0.25) is 4.79 Å². The molecule has 8 nitrogen and oxygen atoms in total. The molecule has 0 aliphatic heterocycles. The maximum absolute atomic E-state index is 14.5. The number of fused-ring (bicyclic) bond motifs is 2. The van der Waals surface area contributed by atoms with Crippen LogP contribution < -0.4 is 19.6 Å². The van der Waals surface area contributed by atoms with E-state index in [4.69, 9.17) is 18.6 Å². The second kappa shape index (κ2) is 27.2. The van der Waals surface area contributed by atoms with E-state index in [9.17, 15) is 9.90 Å². The number of aromatic hydroxyl groups is 1. The molecule has 1 heterocycles. The summed E-state index contributed by atoms with van der Waals surface area (Å²) in [5.41, 5.74) is 3.91. The molecule has 0 radical (unpaired) electrons. The summed E-state index contributed by atoms with van der Waals surface area (Å²) in [5, 5.41) is 12.3. The van der Waals surface area contributed by atoms with Crippen LogP contribution in [0.1, 0.15) is 142 Å². The molecule has 0 amide bonds. The second-order valence-electron chi connectivity index (χ2n) is 15.1. The van der Waals surface area contributed by atoms with Gasteiger partial charge in [0.1, 0.15) is 28.1 Å². The lowest BCUT2D eigenvalue weighted by Crippen LogP contribution is -2.10. The van der Waals surface area contributed by atoms with Crippen LogP contribution in [-0.2, 0) is 12.8 Å². The molecule has 3 aromatic rings. The molecule has 0 fully saturated rings. The van der Waals surface area contributed by atoms with Gasteiger partial charge in [-0.25, -0.2) is 0 Å². The Bertz CT molecular complexity index is 1750. The normalized spacial score (nSPS) is 11.6. The van der Waals surface area contributed by atoms with Gasteiger partial charge in [-0.15, -0.1) is 0 Å². The van der Waals surface area contributed by atoms with E-state index in [1.54, 1.807) is 19.2 Å². The average molecular weight is 1040 g/mol. The Labute approximate surface area is 370 Å². The van der Waals surface area contributed by atoms with E-state index in [-0.39, 0.29) is 16.6 Å². The Balaban J connectivity index is 1.82. The van der Waals surface area contributed by atoms with Crippen LogP contribution in [0.5, 0.6) is 23.0 Å². The zero-order valence-electron chi connectivity index (χ0n) is 34.3. The number of phenolic OH excluding ortho intramolecular Hbond substituents is 1. The van der Waals surface area contributed by atoms with Gasteiger partial charge in [0.05, 0.1) is 25.7 Å². The van der Waals surface area contributed by atoms with Gasteiger partial charge in [0.25, 0.3) is 0 Å². The number of rotatable bonds is 29. The van der Waals surface area contributed by atoms with Crippen molar-refractivity contribution in [3.8, 4) is 23.0 Å². The molecule has 0 bridgehead atoms. The molecule has 0 spiro atoms. The molecular formula is C44H64Br4N2O6. The van der Waals surface area contributed by atoms with Gasteiger partial charge in [0, 0.05) is 101 Å². The van der Waals surface area contributed by atoms with Crippen molar-refractivity contribution in [1.29, 1.82) is 0 Å². The zero-order valence-corrected chi connectivity index (χ0v) is 40.6. The van der Waals surface area contributed by atoms with Gasteiger partial charge in [-0.05, 0) is 66.2 Å². The quantitative estimate of drug-likeness (QED) is 0.0319. The molecule has 0 atom stereocenters. The molecule has 3 rings (SSSR count). The highest BCUT2D eigenvalue weighted by molar-refractivity contribution is 9.21. The highest BCUT2D eigenvalue weighted by Gasteiger charge is 2.24. The van der Waals surface area contributed by atoms with E-state index < -0.39 is 0 Å². The fraction of sp³-hybridized carbons (Fsp3) is 0.614. The molecule has 0 unspecified atom stereocenters. The lowest BCUT2D eigenvalue weighted by molar-refractivity contribution is 0.284. The van der Waals surface area contributed by atoms with Crippen LogP contribution in [0, 0.1) is 0 Å². The lowest BCUT2D eigenvalue weighted by atomic mass is 9.98. The van der Waals surface area contributed by atoms with Crippen molar-refractivity contribution in [3.05, 3.63) is 56.8 Å². The van der Waals surface area contributed by atoms with Crippen molar-refractivity contribution >= 4 is 86.5 Å². The zero-order chi connectivity index (χ0) is 40.9. The summed E-state index contributed by atoms with van der Waals surface area (Å²) >= 11 is 13.6. The largest absolute Gasteiger partial charge is 0.507 e. The van der Waals surface area contributed by atoms with E-state index >= 15 is 0 Å². The summed E-state index contributed by atoms with van der Waals surface area (Å²) in [5.74, 6) is 1.53. The summed E-state index contributed by atoms with van der Waals surface area (Å²) < 4.78 is 28.9. The van der Waals surface area contributed by atoms with Crippen molar-refractivity contribution < 1.29 is 23.7 Å². The Hall–Kier alpha value is -1.57. The van der Waals surface area contributed by atoms with Gasteiger partial charge in [0.2, 0.25) is 5.43 Å². The number of benzene rings is 2. The summed E-state index contributed by atoms with van der Waals surface area (Å²) in [7, 11) is 1.61. The number of hydrogen-bond acceptors (Lipinski definition) is 8. The minimum Gasteiger partial charge on any atom is -0.507 e. The topological polar surface area (TPSA) is 84.6 Å². The van der Waals surface area contributed by atoms with E-state index in [0.717, 1.165) is 49.9 Å². The first-order valence-corrected chi connectivity index (χ1v) is 23.3. The molecule has 0 saturated carbocycles. The third-order valence-electron chi connectivity index (χ3n) is 9.90. The molecule has 1 N–H and O–H groups in total. The van der Waals surface area contributed by atoms with Crippen molar-refractivity contribution in [3.63, 3.8) is 0 Å². The van der Waals surface area contributed by atoms with Gasteiger partial charge in [-0.1, -0.05) is 100 Å². The molecule has 314 valence electrons. The number of unbranched alkanes of at least 4 members (excludes halogenated alkanes) is 14. The van der Waals surface area contributed by atoms with Crippen LogP contribution in [0.25, 0.3) is 21.9 Å². The second-order valence-corrected chi connectivity index (χ2v) is 20.5. The number of ether oxygens (including phenoxy) is 3. The Kier molecular flexibility index (Phi) is 23.7. The van der Waals surface area contributed by atoms with E-state index in [1.807, 2.05) is 39.7 Å². The maximum atomic E-state index is 14.5. The van der Waals surface area contributed by atoms with Gasteiger partial charge < -0.3 is 23.7 Å². The number of halogens is 4. The number of nitrogens with zero attached hydrogens (tertiary/aromatic N) is 2. The van der Waals surface area contributed by atoms with Gasteiger partial charge >= 0.3 is 0 Å². The smallest absolute Gasteiger partial charge is 0.204 e. The third-order valence-corrected chi connectivity index (χ3v) is 11.3. The minimum atomic E-state index is -0.292. The fourth-order valence-corrected chi connectivity index (χ4v) is 7.82. The van der Waals surface area contributed by atoms with Crippen LogP contribution in [0.3, 0.4) is 0 Å². The highest BCUT2D eigenvalue weighted by Crippen LogP contribution is 2.42. The van der Waals surface area contributed by atoms with E-state index in [2.05, 4.69) is 70.7 Å². The molecule has 56 heavy (non-hydrogen) atoms. The van der Waals surface area contributed by atoms with E-state index in [0.29, 0.717) is 71.0 Å². The summed E-state index contributed by atoms with van der Waals surface area (Å²) in [6.45, 7) is 11.2. The third kappa shape index (κ3) is 17.0. The van der Waals surface area contributed by atoms with Crippen LogP contribution in [0.4, 0.5) is 0 Å². The number of phenols is 1. The molecular weight excluding hydrogens is 972 g/mol. The first-order valence-electron chi connectivity index (χ1n) is 20.5. The molecule has 0 saturated heterocycles. The van der Waals surface area contributed by atoms with Crippen LogP contribution in [0.2, 0.25) is 0 Å². The monoisotopic (exact) mass is 1030 g/mol. The summed E-state index contributed by atoms with van der Waals surface area (Å²) in [4.78, 5) is 14.5. The standard InChI is InChI=1S/C44H64Br4N2O6/c1-32(2)22-24-34-36(54-28-20-16-12-8-6-10-14-18-26-49(45)46)30-38-41(42(34)51)43(52)40-35(25-23-33(3)4)44(53-5)39(31-37(40)56-38)55-29-21-17-13-9-7-11-15-19-27-50(47)48/h22-23,30-31,51H,6-21,24-29H2,1-5H3. The lowest BCUT2D eigenvalue weighted by Gasteiger charge is -2.18. The average Bonchev–Trinajstić information content (AvgIpc) is 3.14. The predicted molar refractivity (Wildman–Crippen MR) is 248 cm³/mol. The van der Waals surface area contributed by atoms with E-state index in [1.165, 1.54) is 77.0 Å². The predicted octanol–water partition coefficient (Wildman–Crippen LogP) is 14.5. The minimum absolute atomic E-state index is 0.0921. The molecule has 2 aromatic carbocycles. The Morgan fingerprint density at radius 1 is 0.625 bits per heavy atom. The SMILES string of the molecule is COc1c(OCCCCCCCCCCN(Br)Br)cc2oc3cc(OCCCCCCCCCCN(Br)Br)c(CC=C(C)C)c(O)c3c(=O)c2c1CC=C(C)C. The molecule has 0 aliphatic carbocycles. The van der Waals surface area contributed by atoms with Crippen LogP contribution >= 0.6 is 64.6 Å². The van der Waals surface area contributed by atoms with Crippen molar-refractivity contribution in [1.82, 2.24) is 5.90 Å². The molecule has 12 heteroatoms. The van der Waals surface area contributed by atoms with Crippen LogP contribution in [0.15, 0.2) is 44.6 Å². The Morgan fingerprint density at radius 2 is 1.04 bits per heavy atom. The van der Waals surface area contributed by atoms with Crippen molar-refractivity contribution in [2.45, 2.75) is 143 Å². The first kappa shape index (κ1) is 48.8.